The maximum atomic E-state index is 5.14. The van der Waals surface area contributed by atoms with Gasteiger partial charge in [0.2, 0.25) is 0 Å². The van der Waals surface area contributed by atoms with Crippen LogP contribution in [0.3, 0.4) is 0 Å². The number of thiophene rings is 1. The number of hydrogen-bond donors (Lipinski definition) is 0. The molecular formula is C41H30N2S. The molecule has 3 aromatic heterocycles. The van der Waals surface area contributed by atoms with E-state index >= 15 is 0 Å². The summed E-state index contributed by atoms with van der Waals surface area (Å²) in [6.07, 6.45) is 6.32. The highest BCUT2D eigenvalue weighted by Crippen LogP contribution is 2.40. The Morgan fingerprint density at radius 2 is 1.34 bits per heavy atom. The highest BCUT2D eigenvalue weighted by molar-refractivity contribution is 7.25. The highest BCUT2D eigenvalue weighted by atomic mass is 32.1. The average Bonchev–Trinajstić information content (AvgIpc) is 3.61. The molecule has 3 heteroatoms. The van der Waals surface area contributed by atoms with Crippen LogP contribution in [0.15, 0.2) is 146 Å². The zero-order chi connectivity index (χ0) is 29.6. The standard InChI is InChI=1S/C41H30N2S/c1-3-12-27(4-2)36-23-30(28-13-6-5-7-14-28)24-37(42-36)29-19-21-31(22-20-29)43-38-17-10-8-15-32(38)34-26-41-35(25-39(34)43)33-16-9-11-18-40(33)44-41/h3-26H,1-2H3/b12-3-,27-4+. The molecule has 2 nitrogen and oxygen atoms in total. The van der Waals surface area contributed by atoms with Gasteiger partial charge in [0.05, 0.1) is 22.4 Å². The van der Waals surface area contributed by atoms with Crippen LogP contribution in [0.5, 0.6) is 0 Å². The molecule has 0 aliphatic heterocycles. The van der Waals surface area contributed by atoms with Gasteiger partial charge < -0.3 is 4.57 Å². The molecule has 0 saturated heterocycles. The van der Waals surface area contributed by atoms with Gasteiger partial charge in [-0.25, -0.2) is 4.98 Å². The molecule has 0 amide bonds. The fraction of sp³-hybridized carbons (Fsp3) is 0.0488. The Labute approximate surface area is 260 Å². The monoisotopic (exact) mass is 582 g/mol. The summed E-state index contributed by atoms with van der Waals surface area (Å²) in [5.74, 6) is 0. The smallest absolute Gasteiger partial charge is 0.0715 e. The SMILES string of the molecule is C/C=C\C(=C/C)c1cc(-c2ccccc2)cc(-c2ccc(-n3c4ccccc4c4cc5sc6ccccc6c5cc43)cc2)n1. The van der Waals surface area contributed by atoms with E-state index < -0.39 is 0 Å². The minimum absolute atomic E-state index is 0.963. The summed E-state index contributed by atoms with van der Waals surface area (Å²) in [6.45, 7) is 4.11. The van der Waals surface area contributed by atoms with Crippen molar-refractivity contribution in [2.45, 2.75) is 13.8 Å². The van der Waals surface area contributed by atoms with Gasteiger partial charge in [0.1, 0.15) is 0 Å². The molecule has 0 bridgehead atoms. The lowest BCUT2D eigenvalue weighted by Crippen LogP contribution is -1.96. The molecule has 0 N–H and O–H groups in total. The van der Waals surface area contributed by atoms with Crippen molar-refractivity contribution >= 4 is 58.9 Å². The Morgan fingerprint density at radius 1 is 0.591 bits per heavy atom. The summed E-state index contributed by atoms with van der Waals surface area (Å²) in [7, 11) is 0. The third-order valence-electron chi connectivity index (χ3n) is 8.48. The highest BCUT2D eigenvalue weighted by Gasteiger charge is 2.16. The molecule has 0 saturated carbocycles. The van der Waals surface area contributed by atoms with Crippen LogP contribution in [0.1, 0.15) is 19.5 Å². The Morgan fingerprint density at radius 3 is 2.14 bits per heavy atom. The van der Waals surface area contributed by atoms with Gasteiger partial charge in [0, 0.05) is 42.2 Å². The Bertz CT molecular complexity index is 2390. The first kappa shape index (κ1) is 26.4. The molecule has 210 valence electrons. The fourth-order valence-corrected chi connectivity index (χ4v) is 7.51. The lowest BCUT2D eigenvalue weighted by Gasteiger charge is -2.12. The van der Waals surface area contributed by atoms with Crippen LogP contribution in [0, 0.1) is 0 Å². The number of allylic oxidation sites excluding steroid dienone is 4. The third-order valence-corrected chi connectivity index (χ3v) is 9.61. The minimum atomic E-state index is 0.963. The molecule has 0 aliphatic rings. The summed E-state index contributed by atoms with van der Waals surface area (Å²) < 4.78 is 5.06. The van der Waals surface area contributed by atoms with Crippen LogP contribution >= 0.6 is 11.3 Å². The second-order valence-corrected chi connectivity index (χ2v) is 12.2. The van der Waals surface area contributed by atoms with Gasteiger partial charge in [-0.1, -0.05) is 97.1 Å². The molecule has 0 radical (unpaired) electrons. The van der Waals surface area contributed by atoms with Gasteiger partial charge in [0.25, 0.3) is 0 Å². The number of rotatable bonds is 5. The van der Waals surface area contributed by atoms with E-state index in [4.69, 9.17) is 4.98 Å². The molecule has 0 unspecified atom stereocenters. The van der Waals surface area contributed by atoms with E-state index in [1.807, 2.05) is 18.3 Å². The van der Waals surface area contributed by atoms with E-state index in [0.29, 0.717) is 0 Å². The van der Waals surface area contributed by atoms with Crippen molar-refractivity contribution in [2.75, 3.05) is 0 Å². The number of benzene rings is 5. The van der Waals surface area contributed by atoms with Gasteiger partial charge in [0.15, 0.2) is 0 Å². The molecule has 8 rings (SSSR count). The number of fused-ring (bicyclic) bond motifs is 6. The van der Waals surface area contributed by atoms with Crippen LogP contribution in [0.2, 0.25) is 0 Å². The summed E-state index contributed by atoms with van der Waals surface area (Å²) in [5, 5.41) is 5.19. The lowest BCUT2D eigenvalue weighted by atomic mass is 9.99. The summed E-state index contributed by atoms with van der Waals surface area (Å²) in [4.78, 5) is 5.14. The largest absolute Gasteiger partial charge is 0.309 e. The molecule has 0 fully saturated rings. The van der Waals surface area contributed by atoms with E-state index in [1.165, 1.54) is 47.5 Å². The first-order chi connectivity index (χ1) is 21.7. The molecular weight excluding hydrogens is 553 g/mol. The Kier molecular flexibility index (Phi) is 6.47. The van der Waals surface area contributed by atoms with Crippen LogP contribution in [0.25, 0.3) is 75.6 Å². The fourth-order valence-electron chi connectivity index (χ4n) is 6.38. The number of para-hydroxylation sites is 1. The molecule has 0 atom stereocenters. The summed E-state index contributed by atoms with van der Waals surface area (Å²) in [5.41, 5.74) is 10.1. The Hall–Kier alpha value is -5.25. The molecule has 8 aromatic rings. The first-order valence-electron chi connectivity index (χ1n) is 15.0. The van der Waals surface area contributed by atoms with Crippen LogP contribution in [0.4, 0.5) is 0 Å². The van der Waals surface area contributed by atoms with E-state index in [-0.39, 0.29) is 0 Å². The van der Waals surface area contributed by atoms with Crippen LogP contribution in [-0.4, -0.2) is 9.55 Å². The summed E-state index contributed by atoms with van der Waals surface area (Å²) in [6, 6.07) is 46.1. The molecule has 5 aromatic carbocycles. The van der Waals surface area contributed by atoms with Crippen molar-refractivity contribution < 1.29 is 0 Å². The van der Waals surface area contributed by atoms with Gasteiger partial charge >= 0.3 is 0 Å². The quantitative estimate of drug-likeness (QED) is 0.185. The van der Waals surface area contributed by atoms with Crippen molar-refractivity contribution in [3.8, 4) is 28.1 Å². The molecule has 0 spiro atoms. The second-order valence-electron chi connectivity index (χ2n) is 11.1. The van der Waals surface area contributed by atoms with Crippen LogP contribution < -0.4 is 0 Å². The van der Waals surface area contributed by atoms with Crippen LogP contribution in [-0.2, 0) is 0 Å². The number of pyridine rings is 1. The molecule has 44 heavy (non-hydrogen) atoms. The maximum absolute atomic E-state index is 5.14. The minimum Gasteiger partial charge on any atom is -0.309 e. The first-order valence-corrected chi connectivity index (χ1v) is 15.9. The van der Waals surface area contributed by atoms with Crippen molar-refractivity contribution in [2.24, 2.45) is 0 Å². The predicted molar refractivity (Wildman–Crippen MR) is 191 cm³/mol. The van der Waals surface area contributed by atoms with Crippen molar-refractivity contribution in [3.05, 3.63) is 151 Å². The van der Waals surface area contributed by atoms with Crippen molar-refractivity contribution in [1.29, 1.82) is 0 Å². The number of nitrogens with zero attached hydrogens (tertiary/aromatic N) is 2. The zero-order valence-electron chi connectivity index (χ0n) is 24.7. The third kappa shape index (κ3) is 4.36. The average molecular weight is 583 g/mol. The maximum Gasteiger partial charge on any atom is 0.0715 e. The zero-order valence-corrected chi connectivity index (χ0v) is 25.5. The molecule has 0 aliphatic carbocycles. The van der Waals surface area contributed by atoms with Gasteiger partial charge in [-0.15, -0.1) is 11.3 Å². The van der Waals surface area contributed by atoms with Gasteiger partial charge in [-0.2, -0.15) is 0 Å². The van der Waals surface area contributed by atoms with Gasteiger partial charge in [-0.3, -0.25) is 0 Å². The normalized spacial score (nSPS) is 12.4. The second kappa shape index (κ2) is 10.8. The van der Waals surface area contributed by atoms with E-state index in [0.717, 1.165) is 33.8 Å². The van der Waals surface area contributed by atoms with E-state index in [9.17, 15) is 0 Å². The van der Waals surface area contributed by atoms with Crippen molar-refractivity contribution in [1.82, 2.24) is 9.55 Å². The topological polar surface area (TPSA) is 17.8 Å². The predicted octanol–water partition coefficient (Wildman–Crippen LogP) is 11.9. The van der Waals surface area contributed by atoms with Crippen molar-refractivity contribution in [3.63, 3.8) is 0 Å². The van der Waals surface area contributed by atoms with E-state index in [1.54, 1.807) is 0 Å². The molecule has 3 heterocycles. The Balaban J connectivity index is 1.30. The summed E-state index contributed by atoms with van der Waals surface area (Å²) >= 11 is 1.87. The van der Waals surface area contributed by atoms with Gasteiger partial charge in [-0.05, 0) is 79.1 Å². The van der Waals surface area contributed by atoms with E-state index in [2.05, 4.69) is 157 Å². The number of hydrogen-bond acceptors (Lipinski definition) is 2. The number of aromatic nitrogens is 2. The lowest BCUT2D eigenvalue weighted by molar-refractivity contribution is 1.18.